The van der Waals surface area contributed by atoms with Crippen LogP contribution in [0.1, 0.15) is 16.8 Å². The minimum atomic E-state index is 0.733. The first-order chi connectivity index (χ1) is 8.65. The number of aromatic nitrogens is 2. The second-order valence-electron chi connectivity index (χ2n) is 4.32. The molecule has 1 aliphatic heterocycles. The highest BCUT2D eigenvalue weighted by Crippen LogP contribution is 2.32. The molecule has 1 N–H and O–H groups in total. The van der Waals surface area contributed by atoms with Crippen molar-refractivity contribution >= 4 is 39.9 Å². The van der Waals surface area contributed by atoms with E-state index in [1.807, 2.05) is 11.8 Å². The lowest BCUT2D eigenvalue weighted by Crippen LogP contribution is -1.97. The van der Waals surface area contributed by atoms with Crippen molar-refractivity contribution in [2.75, 3.05) is 0 Å². The molecule has 18 heavy (non-hydrogen) atoms. The van der Waals surface area contributed by atoms with E-state index in [-0.39, 0.29) is 0 Å². The summed E-state index contributed by atoms with van der Waals surface area (Å²) in [6.07, 6.45) is 0. The summed E-state index contributed by atoms with van der Waals surface area (Å²) < 4.78 is 1.78. The molecule has 1 aromatic heterocycles. The van der Waals surface area contributed by atoms with Gasteiger partial charge in [0, 0.05) is 32.8 Å². The van der Waals surface area contributed by atoms with Crippen LogP contribution in [0.2, 0.25) is 0 Å². The monoisotopic (exact) mass is 338 g/mol. The zero-order valence-corrected chi connectivity index (χ0v) is 13.0. The van der Waals surface area contributed by atoms with Gasteiger partial charge in [0.05, 0.1) is 0 Å². The second kappa shape index (κ2) is 4.79. The van der Waals surface area contributed by atoms with Crippen LogP contribution in [-0.2, 0) is 11.5 Å². The van der Waals surface area contributed by atoms with E-state index in [2.05, 4.69) is 51.0 Å². The van der Waals surface area contributed by atoms with Crippen molar-refractivity contribution in [3.05, 3.63) is 44.1 Å². The molecule has 0 radical (unpaired) electrons. The summed E-state index contributed by atoms with van der Waals surface area (Å²) in [5, 5.41) is 0. The van der Waals surface area contributed by atoms with Crippen molar-refractivity contribution in [2.24, 2.45) is 0 Å². The topological polar surface area (TPSA) is 28.7 Å². The highest BCUT2D eigenvalue weighted by molar-refractivity contribution is 9.10. The van der Waals surface area contributed by atoms with E-state index in [0.717, 1.165) is 32.0 Å². The number of H-pyrrole nitrogens is 1. The average Bonchev–Trinajstić information content (AvgIpc) is 2.77. The quantitative estimate of drug-likeness (QED) is 0.769. The fourth-order valence-electron chi connectivity index (χ4n) is 2.01. The Balaban J connectivity index is 2.18. The molecule has 5 heteroatoms. The minimum absolute atomic E-state index is 0.733. The Morgan fingerprint density at radius 2 is 2.22 bits per heavy atom. The standard InChI is InChI=1S/C13H11BrN2S2/c1-7-2-3-8(10(14)4-7)12-15-11-6-18-5-9(11)13(17)16-12/h2-4H,5-6H2,1H3,(H,15,16,17). The summed E-state index contributed by atoms with van der Waals surface area (Å²) in [7, 11) is 0. The molecule has 0 unspecified atom stereocenters. The van der Waals surface area contributed by atoms with Crippen LogP contribution >= 0.6 is 39.9 Å². The number of hydrogen-bond acceptors (Lipinski definition) is 3. The van der Waals surface area contributed by atoms with Gasteiger partial charge in [-0.3, -0.25) is 0 Å². The highest BCUT2D eigenvalue weighted by Gasteiger charge is 2.16. The molecule has 0 spiro atoms. The number of rotatable bonds is 1. The van der Waals surface area contributed by atoms with Crippen molar-refractivity contribution in [1.82, 2.24) is 9.97 Å². The SMILES string of the molecule is Cc1ccc(-c2nc(=S)c3c([nH]2)CSC3)c(Br)c1. The maximum Gasteiger partial charge on any atom is 0.140 e. The van der Waals surface area contributed by atoms with Gasteiger partial charge in [0.25, 0.3) is 0 Å². The Bertz CT molecular complexity index is 679. The molecule has 3 rings (SSSR count). The normalized spacial score (nSPS) is 13.7. The maximum absolute atomic E-state index is 5.38. The minimum Gasteiger partial charge on any atom is -0.342 e. The maximum atomic E-state index is 5.38. The zero-order valence-electron chi connectivity index (χ0n) is 9.79. The number of aryl methyl sites for hydroxylation is 1. The highest BCUT2D eigenvalue weighted by atomic mass is 79.9. The molecule has 0 atom stereocenters. The average molecular weight is 339 g/mol. The summed E-state index contributed by atoms with van der Waals surface area (Å²) in [6, 6.07) is 6.25. The Kier molecular flexibility index (Phi) is 3.30. The first-order valence-corrected chi connectivity index (χ1v) is 7.97. The molecule has 2 aromatic rings. The van der Waals surface area contributed by atoms with Crippen molar-refractivity contribution in [3.63, 3.8) is 0 Å². The molecule has 0 amide bonds. The number of hydrogen-bond donors (Lipinski definition) is 1. The molecule has 0 aliphatic carbocycles. The number of aromatic amines is 1. The third-order valence-corrected chi connectivity index (χ3v) is 4.96. The lowest BCUT2D eigenvalue weighted by molar-refractivity contribution is 1.06. The fourth-order valence-corrected chi connectivity index (χ4v) is 4.14. The van der Waals surface area contributed by atoms with Crippen LogP contribution in [0.25, 0.3) is 11.4 Å². The largest absolute Gasteiger partial charge is 0.342 e. The number of benzene rings is 1. The fraction of sp³-hybridized carbons (Fsp3) is 0.231. The van der Waals surface area contributed by atoms with E-state index in [9.17, 15) is 0 Å². The Morgan fingerprint density at radius 3 is 3.00 bits per heavy atom. The molecule has 0 bridgehead atoms. The molecule has 1 aromatic carbocycles. The van der Waals surface area contributed by atoms with E-state index in [1.165, 1.54) is 16.8 Å². The second-order valence-corrected chi connectivity index (χ2v) is 6.55. The van der Waals surface area contributed by atoms with Gasteiger partial charge in [-0.2, -0.15) is 11.8 Å². The number of nitrogens with zero attached hydrogens (tertiary/aromatic N) is 1. The number of fused-ring (bicyclic) bond motifs is 1. The van der Waals surface area contributed by atoms with Gasteiger partial charge in [-0.15, -0.1) is 0 Å². The van der Waals surface area contributed by atoms with Gasteiger partial charge >= 0.3 is 0 Å². The molecule has 2 nitrogen and oxygen atoms in total. The van der Waals surface area contributed by atoms with Crippen LogP contribution < -0.4 is 0 Å². The predicted molar refractivity (Wildman–Crippen MR) is 82.3 cm³/mol. The van der Waals surface area contributed by atoms with Gasteiger partial charge in [0.2, 0.25) is 0 Å². The van der Waals surface area contributed by atoms with E-state index in [4.69, 9.17) is 12.2 Å². The van der Waals surface area contributed by atoms with E-state index >= 15 is 0 Å². The smallest absolute Gasteiger partial charge is 0.140 e. The van der Waals surface area contributed by atoms with Crippen LogP contribution in [0.3, 0.4) is 0 Å². The molecule has 0 saturated carbocycles. The van der Waals surface area contributed by atoms with Gasteiger partial charge in [-0.25, -0.2) is 4.98 Å². The van der Waals surface area contributed by atoms with Crippen molar-refractivity contribution in [1.29, 1.82) is 0 Å². The molecular formula is C13H11BrN2S2. The zero-order chi connectivity index (χ0) is 12.7. The number of thioether (sulfide) groups is 1. The Labute approximate surface area is 123 Å². The summed E-state index contributed by atoms with van der Waals surface area (Å²) in [5.74, 6) is 2.83. The summed E-state index contributed by atoms with van der Waals surface area (Å²) in [6.45, 7) is 2.07. The van der Waals surface area contributed by atoms with Crippen LogP contribution in [0.15, 0.2) is 22.7 Å². The van der Waals surface area contributed by atoms with Gasteiger partial charge in [0.15, 0.2) is 0 Å². The molecular weight excluding hydrogens is 328 g/mol. The molecule has 0 fully saturated rings. The van der Waals surface area contributed by atoms with E-state index in [1.54, 1.807) is 0 Å². The predicted octanol–water partition coefficient (Wildman–Crippen LogP) is 4.62. The lowest BCUT2D eigenvalue weighted by atomic mass is 10.1. The van der Waals surface area contributed by atoms with E-state index < -0.39 is 0 Å². The third kappa shape index (κ3) is 2.15. The van der Waals surface area contributed by atoms with Gasteiger partial charge in [-0.1, -0.05) is 34.2 Å². The Morgan fingerprint density at radius 1 is 1.39 bits per heavy atom. The first-order valence-electron chi connectivity index (χ1n) is 5.61. The van der Waals surface area contributed by atoms with Crippen LogP contribution in [0.5, 0.6) is 0 Å². The van der Waals surface area contributed by atoms with Crippen LogP contribution in [0.4, 0.5) is 0 Å². The molecule has 0 saturated heterocycles. The van der Waals surface area contributed by atoms with Gasteiger partial charge in [0.1, 0.15) is 10.5 Å². The summed E-state index contributed by atoms with van der Waals surface area (Å²) in [4.78, 5) is 7.94. The summed E-state index contributed by atoms with van der Waals surface area (Å²) >= 11 is 10.8. The summed E-state index contributed by atoms with van der Waals surface area (Å²) in [5.41, 5.74) is 4.71. The van der Waals surface area contributed by atoms with Crippen LogP contribution in [-0.4, -0.2) is 9.97 Å². The molecule has 92 valence electrons. The van der Waals surface area contributed by atoms with Gasteiger partial charge < -0.3 is 4.98 Å². The van der Waals surface area contributed by atoms with E-state index in [0.29, 0.717) is 0 Å². The number of nitrogens with one attached hydrogen (secondary N) is 1. The number of halogens is 1. The van der Waals surface area contributed by atoms with Crippen molar-refractivity contribution < 1.29 is 0 Å². The molecule has 1 aliphatic rings. The van der Waals surface area contributed by atoms with Crippen LogP contribution in [0, 0.1) is 11.6 Å². The van der Waals surface area contributed by atoms with Gasteiger partial charge in [-0.05, 0) is 24.6 Å². The molecule has 2 heterocycles. The van der Waals surface area contributed by atoms with Crippen molar-refractivity contribution in [2.45, 2.75) is 18.4 Å². The van der Waals surface area contributed by atoms with Crippen molar-refractivity contribution in [3.8, 4) is 11.4 Å². The third-order valence-electron chi connectivity index (χ3n) is 2.98. The Hall–Kier alpha value is -0.650. The lowest BCUT2D eigenvalue weighted by Gasteiger charge is -2.07. The first kappa shape index (κ1) is 12.4.